The van der Waals surface area contributed by atoms with Crippen molar-refractivity contribution >= 4 is 5.91 Å². The molecule has 20 heavy (non-hydrogen) atoms. The summed E-state index contributed by atoms with van der Waals surface area (Å²) in [6.45, 7) is 4.30. The zero-order valence-electron chi connectivity index (χ0n) is 11.6. The summed E-state index contributed by atoms with van der Waals surface area (Å²) in [5.41, 5.74) is 6.52. The maximum atomic E-state index is 12.4. The van der Waals surface area contributed by atoms with Crippen molar-refractivity contribution in [1.29, 1.82) is 0 Å². The number of carbonyl (C=O) groups is 1. The maximum absolute atomic E-state index is 12.4. The van der Waals surface area contributed by atoms with Crippen LogP contribution in [0.5, 0.6) is 0 Å². The summed E-state index contributed by atoms with van der Waals surface area (Å²) in [4.78, 5) is 18.4. The van der Waals surface area contributed by atoms with Crippen molar-refractivity contribution in [2.24, 2.45) is 5.73 Å². The minimum absolute atomic E-state index is 0.0549. The van der Waals surface area contributed by atoms with Crippen LogP contribution in [0.25, 0.3) is 0 Å². The maximum Gasteiger partial charge on any atom is 0.272 e. The highest BCUT2D eigenvalue weighted by atomic mass is 16.5. The molecule has 1 aliphatic rings. The van der Waals surface area contributed by atoms with Gasteiger partial charge in [-0.15, -0.1) is 0 Å². The van der Waals surface area contributed by atoms with E-state index in [0.29, 0.717) is 31.9 Å². The molecule has 0 aromatic carbocycles. The Balaban J connectivity index is 2.08. The van der Waals surface area contributed by atoms with Gasteiger partial charge in [0, 0.05) is 31.5 Å². The molecule has 0 radical (unpaired) electrons. The number of hydrogen-bond acceptors (Lipinski definition) is 4. The van der Waals surface area contributed by atoms with Gasteiger partial charge < -0.3 is 15.4 Å². The van der Waals surface area contributed by atoms with Gasteiger partial charge in [-0.3, -0.25) is 4.79 Å². The van der Waals surface area contributed by atoms with Crippen LogP contribution in [-0.4, -0.2) is 48.1 Å². The third kappa shape index (κ3) is 3.80. The lowest BCUT2D eigenvalue weighted by atomic mass is 10.2. The Hall–Kier alpha value is -1.90. The Morgan fingerprint density at radius 3 is 3.15 bits per heavy atom. The molecule has 0 spiro atoms. The Labute approximate surface area is 119 Å². The first-order chi connectivity index (χ1) is 9.70. The second kappa shape index (κ2) is 7.04. The van der Waals surface area contributed by atoms with Crippen LogP contribution in [0.2, 0.25) is 0 Å². The van der Waals surface area contributed by atoms with Gasteiger partial charge in [0.15, 0.2) is 0 Å². The highest BCUT2D eigenvalue weighted by Gasteiger charge is 2.21. The second-order valence-electron chi connectivity index (χ2n) is 4.72. The van der Waals surface area contributed by atoms with E-state index in [4.69, 9.17) is 10.5 Å². The monoisotopic (exact) mass is 273 g/mol. The number of rotatable bonds is 1. The zero-order valence-corrected chi connectivity index (χ0v) is 11.6. The molecule has 1 fully saturated rings. The fourth-order valence-electron chi connectivity index (χ4n) is 2.09. The molecule has 0 saturated carbocycles. The molecule has 2 heterocycles. The number of aromatic nitrogens is 1. The summed E-state index contributed by atoms with van der Waals surface area (Å²) in [5, 5.41) is 0. The number of nitrogens with zero attached hydrogens (tertiary/aromatic N) is 2. The van der Waals surface area contributed by atoms with Crippen molar-refractivity contribution in [3.05, 3.63) is 29.6 Å². The van der Waals surface area contributed by atoms with Gasteiger partial charge >= 0.3 is 0 Å². The van der Waals surface area contributed by atoms with E-state index >= 15 is 0 Å². The fourth-order valence-corrected chi connectivity index (χ4v) is 2.09. The average Bonchev–Trinajstić information content (AvgIpc) is 2.69. The molecule has 0 aliphatic carbocycles. The first-order valence-corrected chi connectivity index (χ1v) is 6.76. The van der Waals surface area contributed by atoms with E-state index in [0.717, 1.165) is 12.0 Å². The van der Waals surface area contributed by atoms with Gasteiger partial charge in [0.25, 0.3) is 5.91 Å². The first-order valence-electron chi connectivity index (χ1n) is 6.76. The predicted octanol–water partition coefficient (Wildman–Crippen LogP) is 0.643. The minimum Gasteiger partial charge on any atom is -0.377 e. The van der Waals surface area contributed by atoms with Crippen molar-refractivity contribution in [1.82, 2.24) is 9.88 Å². The Morgan fingerprint density at radius 2 is 2.45 bits per heavy atom. The summed E-state index contributed by atoms with van der Waals surface area (Å²) < 4.78 is 5.54. The Morgan fingerprint density at radius 1 is 1.60 bits per heavy atom. The largest absolute Gasteiger partial charge is 0.377 e. The van der Waals surface area contributed by atoms with Gasteiger partial charge in [0.2, 0.25) is 0 Å². The van der Waals surface area contributed by atoms with Crippen molar-refractivity contribution in [3.63, 3.8) is 0 Å². The third-order valence-corrected chi connectivity index (χ3v) is 3.06. The standard InChI is InChI=1S/C15H19N3O2/c1-12-11-18(8-3-9-20-12)15(19)14-6-5-13(10-17-14)4-2-7-16/h5-6,10,12H,3,7-9,11,16H2,1H3. The van der Waals surface area contributed by atoms with Gasteiger partial charge in [-0.25, -0.2) is 4.98 Å². The molecule has 2 N–H and O–H groups in total. The van der Waals surface area contributed by atoms with E-state index in [9.17, 15) is 4.79 Å². The lowest BCUT2D eigenvalue weighted by Gasteiger charge is -2.21. The van der Waals surface area contributed by atoms with Crippen molar-refractivity contribution in [3.8, 4) is 11.8 Å². The molecule has 1 amide bonds. The van der Waals surface area contributed by atoms with Crippen LogP contribution in [-0.2, 0) is 4.74 Å². The predicted molar refractivity (Wildman–Crippen MR) is 76.1 cm³/mol. The van der Waals surface area contributed by atoms with Crippen LogP contribution in [0.3, 0.4) is 0 Å². The van der Waals surface area contributed by atoms with Crippen LogP contribution in [0.4, 0.5) is 0 Å². The van der Waals surface area contributed by atoms with Crippen LogP contribution in [0, 0.1) is 11.8 Å². The molecule has 1 aromatic rings. The van der Waals surface area contributed by atoms with E-state index in [1.165, 1.54) is 0 Å². The molecule has 106 valence electrons. The number of nitrogens with two attached hydrogens (primary N) is 1. The Bertz CT molecular complexity index is 516. The lowest BCUT2D eigenvalue weighted by molar-refractivity contribution is 0.0559. The summed E-state index contributed by atoms with van der Waals surface area (Å²) >= 11 is 0. The SMILES string of the molecule is CC1CN(C(=O)c2ccc(C#CCN)cn2)CCCO1. The average molecular weight is 273 g/mol. The number of amides is 1. The van der Waals surface area contributed by atoms with Gasteiger partial charge in [-0.05, 0) is 25.5 Å². The first kappa shape index (κ1) is 14.5. The van der Waals surface area contributed by atoms with Crippen LogP contribution in [0.15, 0.2) is 18.3 Å². The molecule has 1 atom stereocenters. The zero-order chi connectivity index (χ0) is 14.4. The van der Waals surface area contributed by atoms with E-state index < -0.39 is 0 Å². The van der Waals surface area contributed by atoms with E-state index in [-0.39, 0.29) is 12.0 Å². The van der Waals surface area contributed by atoms with Crippen LogP contribution < -0.4 is 5.73 Å². The Kier molecular flexibility index (Phi) is 5.10. The number of carbonyl (C=O) groups excluding carboxylic acids is 1. The second-order valence-corrected chi connectivity index (χ2v) is 4.72. The smallest absolute Gasteiger partial charge is 0.272 e. The van der Waals surface area contributed by atoms with E-state index in [2.05, 4.69) is 16.8 Å². The van der Waals surface area contributed by atoms with Gasteiger partial charge in [0.1, 0.15) is 5.69 Å². The molecular weight excluding hydrogens is 254 g/mol. The van der Waals surface area contributed by atoms with Gasteiger partial charge in [0.05, 0.1) is 12.6 Å². The lowest BCUT2D eigenvalue weighted by Crippen LogP contribution is -2.36. The molecule has 1 aromatic heterocycles. The fraction of sp³-hybridized carbons (Fsp3) is 0.467. The van der Waals surface area contributed by atoms with Crippen LogP contribution in [0.1, 0.15) is 29.4 Å². The number of ether oxygens (including phenoxy) is 1. The van der Waals surface area contributed by atoms with E-state index in [1.54, 1.807) is 23.2 Å². The molecule has 1 saturated heterocycles. The molecule has 5 heteroatoms. The molecule has 0 bridgehead atoms. The topological polar surface area (TPSA) is 68.5 Å². The molecule has 5 nitrogen and oxygen atoms in total. The normalized spacial score (nSPS) is 18.9. The summed E-state index contributed by atoms with van der Waals surface area (Å²) in [5.74, 6) is 5.59. The third-order valence-electron chi connectivity index (χ3n) is 3.06. The summed E-state index contributed by atoms with van der Waals surface area (Å²) in [7, 11) is 0. The highest BCUT2D eigenvalue weighted by molar-refractivity contribution is 5.92. The molecular formula is C15H19N3O2. The summed E-state index contributed by atoms with van der Waals surface area (Å²) in [6, 6.07) is 3.50. The van der Waals surface area contributed by atoms with Crippen molar-refractivity contribution < 1.29 is 9.53 Å². The molecule has 2 rings (SSSR count). The summed E-state index contributed by atoms with van der Waals surface area (Å²) in [6.07, 6.45) is 2.53. The van der Waals surface area contributed by atoms with Gasteiger partial charge in [-0.2, -0.15) is 0 Å². The minimum atomic E-state index is -0.0549. The van der Waals surface area contributed by atoms with Crippen molar-refractivity contribution in [2.45, 2.75) is 19.4 Å². The number of pyridine rings is 1. The van der Waals surface area contributed by atoms with Gasteiger partial charge in [-0.1, -0.05) is 11.8 Å². The van der Waals surface area contributed by atoms with Crippen molar-refractivity contribution in [2.75, 3.05) is 26.2 Å². The quantitative estimate of drug-likeness (QED) is 0.763. The van der Waals surface area contributed by atoms with Crippen LogP contribution >= 0.6 is 0 Å². The highest BCUT2D eigenvalue weighted by Crippen LogP contribution is 2.10. The molecule has 1 aliphatic heterocycles. The number of hydrogen-bond donors (Lipinski definition) is 1. The van der Waals surface area contributed by atoms with E-state index in [1.807, 2.05) is 6.92 Å². The molecule has 1 unspecified atom stereocenters.